The van der Waals surface area contributed by atoms with Gasteiger partial charge in [-0.05, 0) is 0 Å². The van der Waals surface area contributed by atoms with E-state index in [9.17, 15) is 66.6 Å². The maximum atomic E-state index is 13.7. The van der Waals surface area contributed by atoms with Gasteiger partial charge in [0.2, 0.25) is 0 Å². The molecule has 0 saturated carbocycles. The summed E-state index contributed by atoms with van der Waals surface area (Å²) in [6.07, 6.45) is -10.8. The van der Waals surface area contributed by atoms with Crippen molar-refractivity contribution in [1.82, 2.24) is 4.90 Å². The highest BCUT2D eigenvalue weighted by Crippen LogP contribution is 2.58. The highest BCUT2D eigenvalue weighted by atomic mass is 19.4. The summed E-state index contributed by atoms with van der Waals surface area (Å²) in [5.41, 5.74) is 0. The maximum absolute atomic E-state index is 13.7. The van der Waals surface area contributed by atoms with E-state index in [1.165, 1.54) is 4.90 Å². The summed E-state index contributed by atoms with van der Waals surface area (Å²) in [5, 5.41) is 9.61. The van der Waals surface area contributed by atoms with Crippen molar-refractivity contribution in [3.8, 4) is 0 Å². The first-order chi connectivity index (χ1) is 15.1. The zero-order chi connectivity index (χ0) is 26.8. The number of rotatable bonds is 13. The normalized spacial score (nSPS) is 19.1. The Labute approximate surface area is 182 Å². The Kier molecular flexibility index (Phi) is 9.50. The first kappa shape index (κ1) is 30.9. The molecule has 4 nitrogen and oxygen atoms in total. The average molecular weight is 539 g/mol. The quantitative estimate of drug-likeness (QED) is 0.357. The third-order valence-corrected chi connectivity index (χ3v) is 4.65. The lowest BCUT2D eigenvalue weighted by atomic mass is 9.91. The van der Waals surface area contributed by atoms with Crippen molar-refractivity contribution in [3.05, 3.63) is 0 Å². The fourth-order valence-corrected chi connectivity index (χ4v) is 2.69. The summed E-state index contributed by atoms with van der Waals surface area (Å²) in [6, 6.07) is 0. The lowest BCUT2D eigenvalue weighted by Gasteiger charge is -2.40. The number of ether oxygens (including phenoxy) is 2. The number of hydrogen-bond donors (Lipinski definition) is 1. The number of nitrogens with zero attached hydrogens (tertiary/aromatic N) is 1. The van der Waals surface area contributed by atoms with Crippen LogP contribution in [0.3, 0.4) is 0 Å². The molecular formula is C16H19F14NO3. The molecule has 1 atom stereocenters. The summed E-state index contributed by atoms with van der Waals surface area (Å²) >= 11 is 0. The fraction of sp³-hybridized carbons (Fsp3) is 1.00. The molecule has 1 aliphatic rings. The molecule has 204 valence electrons. The highest BCUT2D eigenvalue weighted by Gasteiger charge is 2.86. The molecule has 0 aromatic heterocycles. The van der Waals surface area contributed by atoms with Crippen molar-refractivity contribution in [2.45, 2.75) is 54.5 Å². The Balaban J connectivity index is 2.93. The zero-order valence-corrected chi connectivity index (χ0v) is 16.8. The number of alkyl halides is 14. The van der Waals surface area contributed by atoms with E-state index in [1.807, 2.05) is 0 Å². The third-order valence-electron chi connectivity index (χ3n) is 4.65. The van der Waals surface area contributed by atoms with Gasteiger partial charge in [0.05, 0.1) is 32.3 Å². The van der Waals surface area contributed by atoms with E-state index in [2.05, 4.69) is 4.74 Å². The van der Waals surface area contributed by atoms with E-state index in [0.717, 1.165) is 0 Å². The SMILES string of the molecule is OC(COCC(F)(F)C(F)(F)C(F)(F)C(F)(F)C(F)(F)CC(F)(F)C(F)F)CN1CCOCC1. The van der Waals surface area contributed by atoms with Crippen LogP contribution in [0.1, 0.15) is 6.42 Å². The van der Waals surface area contributed by atoms with Gasteiger partial charge in [0.1, 0.15) is 6.61 Å². The molecule has 34 heavy (non-hydrogen) atoms. The minimum Gasteiger partial charge on any atom is -0.389 e. The van der Waals surface area contributed by atoms with Crippen molar-refractivity contribution >= 4 is 0 Å². The van der Waals surface area contributed by atoms with Crippen LogP contribution >= 0.6 is 0 Å². The lowest BCUT2D eigenvalue weighted by molar-refractivity contribution is -0.410. The van der Waals surface area contributed by atoms with Gasteiger partial charge >= 0.3 is 42.0 Å². The number of halogens is 14. The molecule has 0 amide bonds. The minimum absolute atomic E-state index is 0.231. The molecule has 1 rings (SSSR count). The Morgan fingerprint density at radius 3 is 1.71 bits per heavy atom. The van der Waals surface area contributed by atoms with Crippen molar-refractivity contribution in [3.63, 3.8) is 0 Å². The van der Waals surface area contributed by atoms with Crippen molar-refractivity contribution in [1.29, 1.82) is 0 Å². The predicted molar refractivity (Wildman–Crippen MR) is 84.4 cm³/mol. The highest BCUT2D eigenvalue weighted by molar-refractivity contribution is 5.09. The average Bonchev–Trinajstić information content (AvgIpc) is 2.67. The molecule has 1 aliphatic heterocycles. The molecule has 1 N–H and O–H groups in total. The Bertz CT molecular complexity index is 655. The molecule has 1 fully saturated rings. The number of hydrogen-bond acceptors (Lipinski definition) is 4. The van der Waals surface area contributed by atoms with Gasteiger partial charge in [-0.15, -0.1) is 0 Å². The van der Waals surface area contributed by atoms with E-state index >= 15 is 0 Å². The maximum Gasteiger partial charge on any atom is 0.384 e. The summed E-state index contributed by atoms with van der Waals surface area (Å²) < 4.78 is 194. The summed E-state index contributed by atoms with van der Waals surface area (Å²) in [4.78, 5) is 1.51. The van der Waals surface area contributed by atoms with Crippen LogP contribution in [0.4, 0.5) is 61.5 Å². The molecular weight excluding hydrogens is 520 g/mol. The largest absolute Gasteiger partial charge is 0.389 e. The van der Waals surface area contributed by atoms with Gasteiger partial charge in [-0.3, -0.25) is 4.90 Å². The van der Waals surface area contributed by atoms with Crippen LogP contribution in [0.15, 0.2) is 0 Å². The second kappa shape index (κ2) is 10.5. The second-order valence-electron chi connectivity index (χ2n) is 7.45. The minimum atomic E-state index is -7.71. The Morgan fingerprint density at radius 2 is 1.24 bits per heavy atom. The molecule has 0 radical (unpaired) electrons. The van der Waals surface area contributed by atoms with Crippen molar-refractivity contribution in [2.75, 3.05) is 46.1 Å². The molecule has 0 bridgehead atoms. The van der Waals surface area contributed by atoms with Crippen LogP contribution in [0.5, 0.6) is 0 Å². The first-order valence-corrected chi connectivity index (χ1v) is 9.23. The Morgan fingerprint density at radius 1 is 0.765 bits per heavy atom. The standard InChI is InChI=1S/C16H19F14NO3/c17-10(18)11(19,20)7-12(21,22)14(25,26)16(29,30)15(27,28)13(23,24)8-34-6-9(32)5-31-1-3-33-4-2-31/h9-10,32H,1-8H2. The smallest absolute Gasteiger partial charge is 0.384 e. The van der Waals surface area contributed by atoms with Gasteiger partial charge in [0, 0.05) is 19.6 Å². The molecule has 18 heteroatoms. The van der Waals surface area contributed by atoms with E-state index in [1.54, 1.807) is 0 Å². The van der Waals surface area contributed by atoms with Gasteiger partial charge in [0.25, 0.3) is 0 Å². The van der Waals surface area contributed by atoms with Gasteiger partial charge < -0.3 is 14.6 Å². The summed E-state index contributed by atoms with van der Waals surface area (Å²) in [7, 11) is 0. The molecule has 1 saturated heterocycles. The molecule has 1 unspecified atom stereocenters. The number of aliphatic hydroxyl groups excluding tert-OH is 1. The number of aliphatic hydroxyl groups is 1. The second-order valence-corrected chi connectivity index (χ2v) is 7.45. The van der Waals surface area contributed by atoms with E-state index in [4.69, 9.17) is 4.74 Å². The van der Waals surface area contributed by atoms with Crippen LogP contribution in [0.25, 0.3) is 0 Å². The molecule has 1 heterocycles. The van der Waals surface area contributed by atoms with Gasteiger partial charge in [-0.25, -0.2) is 17.6 Å². The third kappa shape index (κ3) is 6.34. The first-order valence-electron chi connectivity index (χ1n) is 9.23. The van der Waals surface area contributed by atoms with E-state index in [-0.39, 0.29) is 32.8 Å². The van der Waals surface area contributed by atoms with E-state index < -0.39 is 67.7 Å². The molecule has 0 aromatic carbocycles. The lowest BCUT2D eigenvalue weighted by Crippen LogP contribution is -2.68. The summed E-state index contributed by atoms with van der Waals surface area (Å²) in [5.74, 6) is -42.0. The van der Waals surface area contributed by atoms with Gasteiger partial charge in [-0.1, -0.05) is 0 Å². The van der Waals surface area contributed by atoms with Crippen LogP contribution < -0.4 is 0 Å². The van der Waals surface area contributed by atoms with E-state index in [0.29, 0.717) is 0 Å². The van der Waals surface area contributed by atoms with Crippen molar-refractivity contribution < 1.29 is 76.0 Å². The van der Waals surface area contributed by atoms with Crippen LogP contribution in [-0.4, -0.2) is 104 Å². The van der Waals surface area contributed by atoms with Gasteiger partial charge in [-0.2, -0.15) is 43.9 Å². The molecule has 0 aromatic rings. The van der Waals surface area contributed by atoms with Gasteiger partial charge in [0.15, 0.2) is 0 Å². The topological polar surface area (TPSA) is 41.9 Å². The summed E-state index contributed by atoms with van der Waals surface area (Å²) in [6.45, 7) is -3.24. The van der Waals surface area contributed by atoms with Crippen LogP contribution in [-0.2, 0) is 9.47 Å². The molecule has 0 aliphatic carbocycles. The van der Waals surface area contributed by atoms with Crippen LogP contribution in [0, 0.1) is 0 Å². The van der Waals surface area contributed by atoms with Crippen LogP contribution in [0.2, 0.25) is 0 Å². The fourth-order valence-electron chi connectivity index (χ4n) is 2.69. The monoisotopic (exact) mass is 539 g/mol. The predicted octanol–water partition coefficient (Wildman–Crippen LogP) is 4.16. The van der Waals surface area contributed by atoms with Crippen molar-refractivity contribution in [2.24, 2.45) is 0 Å². The Hall–Kier alpha value is -1.14. The molecule has 0 spiro atoms. The zero-order valence-electron chi connectivity index (χ0n) is 16.8. The number of β-amino-alcohol motifs (C(OH)–C–C–N with tert-alkyl or cyclic N) is 1. The number of morpholine rings is 1.